The Morgan fingerprint density at radius 3 is 2.33 bits per heavy atom. The number of rotatable bonds is 8. The van der Waals surface area contributed by atoms with Crippen molar-refractivity contribution in [2.75, 3.05) is 50.4 Å². The summed E-state index contributed by atoms with van der Waals surface area (Å²) in [6, 6.07) is 11.8. The average molecular weight is 391 g/mol. The first-order valence-corrected chi connectivity index (χ1v) is 10.3. The number of benzene rings is 2. The Balaban J connectivity index is 1.62. The van der Waals surface area contributed by atoms with E-state index in [-0.39, 0.29) is 4.90 Å². The van der Waals surface area contributed by atoms with Crippen LogP contribution in [0, 0.1) is 0 Å². The van der Waals surface area contributed by atoms with Crippen LogP contribution in [0.25, 0.3) is 0 Å². The number of anilines is 2. The van der Waals surface area contributed by atoms with Crippen LogP contribution in [0.3, 0.4) is 0 Å². The lowest BCUT2D eigenvalue weighted by molar-refractivity contribution is 0.171. The summed E-state index contributed by atoms with van der Waals surface area (Å²) in [5, 5.41) is 3.32. The maximum absolute atomic E-state index is 12.6. The fraction of sp³-hybridized carbons (Fsp3) is 0.368. The Morgan fingerprint density at radius 1 is 0.963 bits per heavy atom. The van der Waals surface area contributed by atoms with E-state index in [1.54, 1.807) is 18.2 Å². The zero-order valence-electron chi connectivity index (χ0n) is 15.6. The fourth-order valence-corrected chi connectivity index (χ4v) is 3.76. The number of ether oxygens (including phenoxy) is 2. The first kappa shape index (κ1) is 19.3. The Kier molecular flexibility index (Phi) is 6.08. The van der Waals surface area contributed by atoms with Crippen LogP contribution in [0.4, 0.5) is 11.4 Å². The second kappa shape index (κ2) is 8.49. The molecule has 0 fully saturated rings. The van der Waals surface area contributed by atoms with Gasteiger partial charge in [-0.15, -0.1) is 0 Å². The van der Waals surface area contributed by atoms with Crippen LogP contribution >= 0.6 is 0 Å². The summed E-state index contributed by atoms with van der Waals surface area (Å²) in [5.41, 5.74) is 1.46. The van der Waals surface area contributed by atoms with Gasteiger partial charge < -0.3 is 19.7 Å². The van der Waals surface area contributed by atoms with Crippen molar-refractivity contribution >= 4 is 21.4 Å². The van der Waals surface area contributed by atoms with E-state index in [1.807, 2.05) is 26.2 Å². The largest absolute Gasteiger partial charge is 0.486 e. The summed E-state index contributed by atoms with van der Waals surface area (Å²) in [5.74, 6) is 1.01. The number of nitrogens with one attached hydrogen (secondary N) is 2. The summed E-state index contributed by atoms with van der Waals surface area (Å²) in [4.78, 5) is 2.27. The molecule has 2 aromatic carbocycles. The predicted molar refractivity (Wildman–Crippen MR) is 106 cm³/mol. The van der Waals surface area contributed by atoms with E-state index in [1.165, 1.54) is 12.1 Å². The summed E-state index contributed by atoms with van der Waals surface area (Å²) >= 11 is 0. The van der Waals surface area contributed by atoms with Crippen LogP contribution in [-0.4, -0.2) is 53.7 Å². The molecule has 146 valence electrons. The molecule has 2 N–H and O–H groups in total. The second-order valence-electron chi connectivity index (χ2n) is 6.57. The lowest BCUT2D eigenvalue weighted by atomic mass is 10.3. The Hall–Kier alpha value is -2.45. The molecule has 0 saturated heterocycles. The van der Waals surface area contributed by atoms with Crippen molar-refractivity contribution in [1.29, 1.82) is 0 Å². The summed E-state index contributed by atoms with van der Waals surface area (Å²) in [6.45, 7) is 2.75. The maximum atomic E-state index is 12.6. The van der Waals surface area contributed by atoms with Crippen molar-refractivity contribution < 1.29 is 17.9 Å². The van der Waals surface area contributed by atoms with Crippen molar-refractivity contribution in [1.82, 2.24) is 4.90 Å². The standard InChI is InChI=1S/C19H25N3O4S/c1-22(2)11-3-10-20-15-4-6-16(7-5-15)21-27(23,24)17-8-9-18-19(14-17)26-13-12-25-18/h4-9,14,20-21H,3,10-13H2,1-2H3. The van der Waals surface area contributed by atoms with Gasteiger partial charge in [0.05, 0.1) is 4.90 Å². The van der Waals surface area contributed by atoms with Gasteiger partial charge in [0.25, 0.3) is 10.0 Å². The van der Waals surface area contributed by atoms with Crippen LogP contribution in [0.5, 0.6) is 11.5 Å². The molecule has 1 aliphatic rings. The Morgan fingerprint density at radius 2 is 1.63 bits per heavy atom. The van der Waals surface area contributed by atoms with Gasteiger partial charge >= 0.3 is 0 Å². The summed E-state index contributed by atoms with van der Waals surface area (Å²) in [6.07, 6.45) is 1.03. The average Bonchev–Trinajstić information content (AvgIpc) is 2.65. The van der Waals surface area contributed by atoms with E-state index in [0.717, 1.165) is 25.2 Å². The van der Waals surface area contributed by atoms with E-state index in [4.69, 9.17) is 9.47 Å². The third-order valence-electron chi connectivity index (χ3n) is 4.07. The molecule has 3 rings (SSSR count). The molecule has 0 aromatic heterocycles. The van der Waals surface area contributed by atoms with Crippen molar-refractivity contribution in [2.24, 2.45) is 0 Å². The molecule has 0 unspecified atom stereocenters. The maximum Gasteiger partial charge on any atom is 0.262 e. The second-order valence-corrected chi connectivity index (χ2v) is 8.25. The molecule has 0 atom stereocenters. The van der Waals surface area contributed by atoms with Crippen LogP contribution in [0.1, 0.15) is 6.42 Å². The van der Waals surface area contributed by atoms with Gasteiger partial charge in [-0.2, -0.15) is 0 Å². The quantitative estimate of drug-likeness (QED) is 0.674. The third kappa shape index (κ3) is 5.27. The van der Waals surface area contributed by atoms with E-state index in [2.05, 4.69) is 14.9 Å². The van der Waals surface area contributed by atoms with Gasteiger partial charge in [0.15, 0.2) is 11.5 Å². The third-order valence-corrected chi connectivity index (χ3v) is 5.45. The fourth-order valence-electron chi connectivity index (χ4n) is 2.69. The molecule has 0 aliphatic carbocycles. The van der Waals surface area contributed by atoms with Gasteiger partial charge in [-0.25, -0.2) is 8.42 Å². The van der Waals surface area contributed by atoms with Crippen molar-refractivity contribution in [3.63, 3.8) is 0 Å². The molecular formula is C19H25N3O4S. The van der Waals surface area contributed by atoms with Gasteiger partial charge in [0, 0.05) is 24.0 Å². The van der Waals surface area contributed by atoms with Gasteiger partial charge in [-0.3, -0.25) is 4.72 Å². The lowest BCUT2D eigenvalue weighted by Gasteiger charge is -2.19. The van der Waals surface area contributed by atoms with Gasteiger partial charge in [-0.1, -0.05) is 0 Å². The summed E-state index contributed by atoms with van der Waals surface area (Å²) < 4.78 is 38.7. The molecule has 2 aromatic rings. The number of hydrogen-bond donors (Lipinski definition) is 2. The predicted octanol–water partition coefficient (Wildman–Crippen LogP) is 2.62. The van der Waals surface area contributed by atoms with Crippen molar-refractivity contribution in [2.45, 2.75) is 11.3 Å². The first-order valence-electron chi connectivity index (χ1n) is 8.85. The molecule has 0 radical (unpaired) electrons. The van der Waals surface area contributed by atoms with Crippen LogP contribution < -0.4 is 19.5 Å². The minimum Gasteiger partial charge on any atom is -0.486 e. The molecule has 27 heavy (non-hydrogen) atoms. The Bertz CT molecular complexity index is 867. The Labute approximate surface area is 160 Å². The molecule has 1 heterocycles. The van der Waals surface area contributed by atoms with Gasteiger partial charge in [-0.05, 0) is 63.5 Å². The highest BCUT2D eigenvalue weighted by Crippen LogP contribution is 2.32. The molecule has 8 heteroatoms. The molecule has 7 nitrogen and oxygen atoms in total. The smallest absolute Gasteiger partial charge is 0.262 e. The number of sulfonamides is 1. The topological polar surface area (TPSA) is 79.9 Å². The zero-order chi connectivity index (χ0) is 19.3. The highest BCUT2D eigenvalue weighted by atomic mass is 32.2. The van der Waals surface area contributed by atoms with E-state index < -0.39 is 10.0 Å². The molecule has 0 saturated carbocycles. The van der Waals surface area contributed by atoms with Crippen molar-refractivity contribution in [3.8, 4) is 11.5 Å². The number of nitrogens with zero attached hydrogens (tertiary/aromatic N) is 1. The van der Waals surface area contributed by atoms with E-state index >= 15 is 0 Å². The normalized spacial score (nSPS) is 13.4. The zero-order valence-corrected chi connectivity index (χ0v) is 16.4. The monoisotopic (exact) mass is 391 g/mol. The minimum absolute atomic E-state index is 0.137. The molecule has 1 aliphatic heterocycles. The highest BCUT2D eigenvalue weighted by Gasteiger charge is 2.19. The lowest BCUT2D eigenvalue weighted by Crippen LogP contribution is -2.17. The molecule has 0 amide bonds. The number of fused-ring (bicyclic) bond motifs is 1. The van der Waals surface area contributed by atoms with Crippen molar-refractivity contribution in [3.05, 3.63) is 42.5 Å². The van der Waals surface area contributed by atoms with E-state index in [0.29, 0.717) is 30.4 Å². The van der Waals surface area contributed by atoms with Crippen LogP contribution in [-0.2, 0) is 10.0 Å². The molecule has 0 spiro atoms. The molecular weight excluding hydrogens is 366 g/mol. The van der Waals surface area contributed by atoms with Crippen LogP contribution in [0.15, 0.2) is 47.4 Å². The summed E-state index contributed by atoms with van der Waals surface area (Å²) in [7, 11) is 0.387. The SMILES string of the molecule is CN(C)CCCNc1ccc(NS(=O)(=O)c2ccc3c(c2)OCCO3)cc1. The van der Waals surface area contributed by atoms with Crippen LogP contribution in [0.2, 0.25) is 0 Å². The van der Waals surface area contributed by atoms with Gasteiger partial charge in [0.2, 0.25) is 0 Å². The number of hydrogen-bond acceptors (Lipinski definition) is 6. The highest BCUT2D eigenvalue weighted by molar-refractivity contribution is 7.92. The van der Waals surface area contributed by atoms with Gasteiger partial charge in [0.1, 0.15) is 13.2 Å². The van der Waals surface area contributed by atoms with E-state index in [9.17, 15) is 8.42 Å². The molecule has 0 bridgehead atoms. The first-order chi connectivity index (χ1) is 12.9. The minimum atomic E-state index is -3.70.